The lowest BCUT2D eigenvalue weighted by molar-refractivity contribution is -0.0442. The van der Waals surface area contributed by atoms with Gasteiger partial charge in [0.25, 0.3) is 5.91 Å². The van der Waals surface area contributed by atoms with E-state index < -0.39 is 6.29 Å². The zero-order valence-electron chi connectivity index (χ0n) is 13.7. The third kappa shape index (κ3) is 5.01. The van der Waals surface area contributed by atoms with Gasteiger partial charge in [0.2, 0.25) is 6.29 Å². The molecule has 0 aliphatic carbocycles. The fourth-order valence-corrected chi connectivity index (χ4v) is 3.08. The number of nitrogens with zero attached hydrogens (tertiary/aromatic N) is 2. The highest BCUT2D eigenvalue weighted by atomic mass is 32.1. The molecule has 2 rings (SSSR count). The number of aromatic nitrogens is 1. The van der Waals surface area contributed by atoms with Crippen molar-refractivity contribution in [3.63, 3.8) is 0 Å². The van der Waals surface area contributed by atoms with Crippen molar-refractivity contribution in [2.75, 3.05) is 33.9 Å². The maximum absolute atomic E-state index is 12.4. The number of carbonyl (C=O) groups is 1. The van der Waals surface area contributed by atoms with Gasteiger partial charge in [0.15, 0.2) is 0 Å². The van der Waals surface area contributed by atoms with E-state index >= 15 is 0 Å². The van der Waals surface area contributed by atoms with Gasteiger partial charge in [0, 0.05) is 5.54 Å². The molecule has 2 heterocycles. The Morgan fingerprint density at radius 3 is 2.77 bits per heavy atom. The maximum atomic E-state index is 12.4. The number of thiazole rings is 1. The quantitative estimate of drug-likeness (QED) is 0.830. The average molecular weight is 327 g/mol. The average Bonchev–Trinajstić information content (AvgIpc) is 3.08. The molecule has 1 saturated heterocycles. The predicted octanol–water partition coefficient (Wildman–Crippen LogP) is 2.04. The van der Waals surface area contributed by atoms with Crippen molar-refractivity contribution < 1.29 is 14.3 Å². The lowest BCUT2D eigenvalue weighted by atomic mass is 9.98. The lowest BCUT2D eigenvalue weighted by Crippen LogP contribution is -2.43. The van der Waals surface area contributed by atoms with Gasteiger partial charge >= 0.3 is 0 Å². The molecule has 0 radical (unpaired) electrons. The molecule has 0 spiro atoms. The standard InChI is InChI=1S/C15H25N3O3S/c1-15(2,6-5-7-18(3)4)17-12(19)11-10-16-13(22-11)14-20-8-9-21-14/h10,14H,5-9H2,1-4H3,(H,17,19). The highest BCUT2D eigenvalue weighted by Crippen LogP contribution is 2.27. The number of ether oxygens (including phenoxy) is 2. The first-order chi connectivity index (χ1) is 10.4. The Labute approximate surface area is 135 Å². The number of rotatable bonds is 7. The summed E-state index contributed by atoms with van der Waals surface area (Å²) in [5.41, 5.74) is -0.238. The molecule has 1 fully saturated rings. The first-order valence-corrected chi connectivity index (χ1v) is 8.35. The first kappa shape index (κ1) is 17.3. The first-order valence-electron chi connectivity index (χ1n) is 7.53. The van der Waals surface area contributed by atoms with Gasteiger partial charge in [-0.25, -0.2) is 4.98 Å². The normalized spacial score (nSPS) is 16.4. The van der Waals surface area contributed by atoms with Crippen LogP contribution in [-0.4, -0.2) is 55.2 Å². The fourth-order valence-electron chi connectivity index (χ4n) is 2.27. The molecule has 1 aliphatic heterocycles. The largest absolute Gasteiger partial charge is 0.346 e. The van der Waals surface area contributed by atoms with Gasteiger partial charge in [-0.2, -0.15) is 0 Å². The van der Waals surface area contributed by atoms with E-state index in [-0.39, 0.29) is 11.4 Å². The van der Waals surface area contributed by atoms with Gasteiger partial charge < -0.3 is 19.7 Å². The summed E-state index contributed by atoms with van der Waals surface area (Å²) in [5.74, 6) is -0.0865. The third-order valence-electron chi connectivity index (χ3n) is 3.43. The van der Waals surface area contributed by atoms with Gasteiger partial charge in [0.05, 0.1) is 19.4 Å². The maximum Gasteiger partial charge on any atom is 0.263 e. The predicted molar refractivity (Wildman–Crippen MR) is 86.1 cm³/mol. The summed E-state index contributed by atoms with van der Waals surface area (Å²) in [7, 11) is 4.11. The number of carbonyl (C=O) groups excluding carboxylic acids is 1. The van der Waals surface area contributed by atoms with Crippen LogP contribution in [0.4, 0.5) is 0 Å². The molecule has 124 valence electrons. The molecule has 0 bridgehead atoms. The van der Waals surface area contributed by atoms with E-state index in [1.54, 1.807) is 6.20 Å². The highest BCUT2D eigenvalue weighted by molar-refractivity contribution is 7.13. The Morgan fingerprint density at radius 2 is 2.14 bits per heavy atom. The van der Waals surface area contributed by atoms with E-state index in [2.05, 4.69) is 29.3 Å². The topological polar surface area (TPSA) is 63.7 Å². The Kier molecular flexibility index (Phi) is 5.91. The minimum Gasteiger partial charge on any atom is -0.346 e. The molecule has 1 aromatic heterocycles. The Balaban J connectivity index is 1.88. The number of nitrogens with one attached hydrogen (secondary N) is 1. The van der Waals surface area contributed by atoms with Gasteiger partial charge in [-0.05, 0) is 47.3 Å². The van der Waals surface area contributed by atoms with Gasteiger partial charge in [-0.3, -0.25) is 4.79 Å². The minimum atomic E-state index is -0.417. The van der Waals surface area contributed by atoms with E-state index in [1.165, 1.54) is 11.3 Å². The van der Waals surface area contributed by atoms with Crippen LogP contribution in [0, 0.1) is 0 Å². The second-order valence-corrected chi connectivity index (χ2v) is 7.44. The molecule has 1 N–H and O–H groups in total. The molecular formula is C15H25N3O3S. The summed E-state index contributed by atoms with van der Waals surface area (Å²) >= 11 is 1.33. The van der Waals surface area contributed by atoms with E-state index in [9.17, 15) is 4.79 Å². The molecular weight excluding hydrogens is 302 g/mol. The second-order valence-electron chi connectivity index (χ2n) is 6.38. The Morgan fingerprint density at radius 1 is 1.45 bits per heavy atom. The van der Waals surface area contributed by atoms with Crippen LogP contribution >= 0.6 is 11.3 Å². The number of amides is 1. The molecule has 0 saturated carbocycles. The van der Waals surface area contributed by atoms with Crippen LogP contribution in [0.2, 0.25) is 0 Å². The summed E-state index contributed by atoms with van der Waals surface area (Å²) in [5, 5.41) is 3.78. The molecule has 22 heavy (non-hydrogen) atoms. The molecule has 6 nitrogen and oxygen atoms in total. The van der Waals surface area contributed by atoms with Crippen LogP contribution < -0.4 is 5.32 Å². The van der Waals surface area contributed by atoms with E-state index in [1.807, 2.05) is 13.8 Å². The summed E-state index contributed by atoms with van der Waals surface area (Å²) in [4.78, 5) is 19.3. The molecule has 0 unspecified atom stereocenters. The van der Waals surface area contributed by atoms with Crippen LogP contribution in [0.15, 0.2) is 6.20 Å². The van der Waals surface area contributed by atoms with E-state index in [0.717, 1.165) is 19.4 Å². The van der Waals surface area contributed by atoms with Crippen LogP contribution in [0.25, 0.3) is 0 Å². The molecule has 0 aromatic carbocycles. The van der Waals surface area contributed by atoms with Gasteiger partial charge in [-0.15, -0.1) is 11.3 Å². The molecule has 0 atom stereocenters. The third-order valence-corrected chi connectivity index (χ3v) is 4.45. The Hall–Kier alpha value is -1.02. The van der Waals surface area contributed by atoms with Crippen molar-refractivity contribution in [3.05, 3.63) is 16.1 Å². The van der Waals surface area contributed by atoms with Crippen LogP contribution in [0.1, 0.15) is 47.7 Å². The van der Waals surface area contributed by atoms with E-state index in [0.29, 0.717) is 23.1 Å². The molecule has 1 amide bonds. The summed E-state index contributed by atoms with van der Waals surface area (Å²) in [6.45, 7) is 6.26. The van der Waals surface area contributed by atoms with Crippen molar-refractivity contribution in [1.82, 2.24) is 15.2 Å². The van der Waals surface area contributed by atoms with Crippen LogP contribution in [0.3, 0.4) is 0 Å². The van der Waals surface area contributed by atoms with Crippen LogP contribution in [-0.2, 0) is 9.47 Å². The van der Waals surface area contributed by atoms with Crippen molar-refractivity contribution in [3.8, 4) is 0 Å². The smallest absolute Gasteiger partial charge is 0.263 e. The fraction of sp³-hybridized carbons (Fsp3) is 0.733. The van der Waals surface area contributed by atoms with Crippen LogP contribution in [0.5, 0.6) is 0 Å². The summed E-state index contributed by atoms with van der Waals surface area (Å²) in [6.07, 6.45) is 3.14. The lowest BCUT2D eigenvalue weighted by Gasteiger charge is -2.26. The highest BCUT2D eigenvalue weighted by Gasteiger charge is 2.25. The SMILES string of the molecule is CN(C)CCCC(C)(C)NC(=O)c1cnc(C2OCCO2)s1. The van der Waals surface area contributed by atoms with Gasteiger partial charge in [0.1, 0.15) is 9.88 Å². The van der Waals surface area contributed by atoms with Gasteiger partial charge in [-0.1, -0.05) is 0 Å². The zero-order chi connectivity index (χ0) is 16.2. The summed E-state index contributed by atoms with van der Waals surface area (Å²) < 4.78 is 10.8. The monoisotopic (exact) mass is 327 g/mol. The Bertz CT molecular complexity index is 496. The molecule has 7 heteroatoms. The number of hydrogen-bond donors (Lipinski definition) is 1. The molecule has 1 aliphatic rings. The van der Waals surface area contributed by atoms with Crippen molar-refractivity contribution in [2.45, 2.75) is 38.5 Å². The van der Waals surface area contributed by atoms with Crippen molar-refractivity contribution >= 4 is 17.2 Å². The minimum absolute atomic E-state index is 0.0865. The van der Waals surface area contributed by atoms with Crippen molar-refractivity contribution in [1.29, 1.82) is 0 Å². The van der Waals surface area contributed by atoms with Crippen molar-refractivity contribution in [2.24, 2.45) is 0 Å². The molecule has 1 aromatic rings. The zero-order valence-corrected chi connectivity index (χ0v) is 14.5. The van der Waals surface area contributed by atoms with E-state index in [4.69, 9.17) is 9.47 Å². The second kappa shape index (κ2) is 7.50. The summed E-state index contributed by atoms with van der Waals surface area (Å²) in [6, 6.07) is 0. The number of hydrogen-bond acceptors (Lipinski definition) is 6.